The van der Waals surface area contributed by atoms with Gasteiger partial charge in [-0.15, -0.1) is 0 Å². The van der Waals surface area contributed by atoms with Crippen LogP contribution in [0.4, 0.5) is 10.1 Å². The first-order valence-electron chi connectivity index (χ1n) is 8.03. The molecule has 1 atom stereocenters. The molecule has 26 heavy (non-hydrogen) atoms. The maximum atomic E-state index is 13.6. The predicted octanol–water partition coefficient (Wildman–Crippen LogP) is 2.92. The average molecular weight is 380 g/mol. The number of hydrogen-bond donors (Lipinski definition) is 2. The molecule has 1 amide bonds. The zero-order valence-electron chi connectivity index (χ0n) is 14.7. The van der Waals surface area contributed by atoms with E-state index in [0.717, 1.165) is 0 Å². The number of para-hydroxylation sites is 1. The third-order valence-corrected chi connectivity index (χ3v) is 4.92. The number of benzene rings is 2. The number of carbonyl (C=O) groups excluding carboxylic acids is 1. The monoisotopic (exact) mass is 380 g/mol. The molecule has 0 radical (unpaired) electrons. The van der Waals surface area contributed by atoms with E-state index in [-0.39, 0.29) is 16.7 Å². The molecule has 0 saturated carbocycles. The summed E-state index contributed by atoms with van der Waals surface area (Å²) in [4.78, 5) is 12.1. The second kappa shape index (κ2) is 8.29. The van der Waals surface area contributed by atoms with Crippen molar-refractivity contribution in [2.75, 3.05) is 5.32 Å². The van der Waals surface area contributed by atoms with Crippen LogP contribution in [-0.2, 0) is 14.8 Å². The molecule has 140 valence electrons. The van der Waals surface area contributed by atoms with Crippen molar-refractivity contribution in [1.82, 2.24) is 4.72 Å². The smallest absolute Gasteiger partial charge is 0.242 e. The largest absolute Gasteiger partial charge is 0.491 e. The van der Waals surface area contributed by atoms with Crippen molar-refractivity contribution < 1.29 is 22.3 Å². The van der Waals surface area contributed by atoms with Gasteiger partial charge in [-0.3, -0.25) is 4.79 Å². The Morgan fingerprint density at radius 3 is 2.23 bits per heavy atom. The Bertz CT molecular complexity index is 867. The lowest BCUT2D eigenvalue weighted by molar-refractivity contribution is -0.117. The molecule has 0 spiro atoms. The van der Waals surface area contributed by atoms with Crippen LogP contribution in [-0.4, -0.2) is 26.5 Å². The van der Waals surface area contributed by atoms with Crippen LogP contribution in [0.15, 0.2) is 53.4 Å². The number of nitrogens with one attached hydrogen (secondary N) is 2. The van der Waals surface area contributed by atoms with Crippen LogP contribution in [0.3, 0.4) is 0 Å². The van der Waals surface area contributed by atoms with Crippen LogP contribution in [0.2, 0.25) is 0 Å². The number of sulfonamides is 1. The highest BCUT2D eigenvalue weighted by molar-refractivity contribution is 7.89. The van der Waals surface area contributed by atoms with Gasteiger partial charge in [0.05, 0.1) is 22.7 Å². The van der Waals surface area contributed by atoms with E-state index in [0.29, 0.717) is 5.75 Å². The Labute approximate surface area is 152 Å². The molecule has 2 aromatic carbocycles. The maximum absolute atomic E-state index is 13.6. The molecule has 8 heteroatoms. The van der Waals surface area contributed by atoms with E-state index in [1.54, 1.807) is 18.2 Å². The van der Waals surface area contributed by atoms with Crippen LogP contribution in [0, 0.1) is 5.82 Å². The first-order chi connectivity index (χ1) is 12.2. The average Bonchev–Trinajstić information content (AvgIpc) is 2.56. The second-order valence-corrected chi connectivity index (χ2v) is 7.66. The molecule has 0 bridgehead atoms. The van der Waals surface area contributed by atoms with E-state index in [9.17, 15) is 17.6 Å². The number of anilines is 1. The molecule has 6 nitrogen and oxygen atoms in total. The second-order valence-electron chi connectivity index (χ2n) is 5.95. The topological polar surface area (TPSA) is 84.5 Å². The molecule has 2 aromatic rings. The van der Waals surface area contributed by atoms with Crippen LogP contribution in [0.25, 0.3) is 0 Å². The Morgan fingerprint density at radius 2 is 1.65 bits per heavy atom. The van der Waals surface area contributed by atoms with Gasteiger partial charge >= 0.3 is 0 Å². The lowest BCUT2D eigenvalue weighted by Gasteiger charge is -2.15. The summed E-state index contributed by atoms with van der Waals surface area (Å²) < 4.78 is 46.1. The first kappa shape index (κ1) is 19.9. The fourth-order valence-electron chi connectivity index (χ4n) is 2.13. The Morgan fingerprint density at radius 1 is 1.04 bits per heavy atom. The standard InChI is InChI=1S/C18H21FN2O4S/c1-12(2)25-14-8-10-15(11-9-14)26(23,24)21-13(3)18(22)20-17-7-5-4-6-16(17)19/h4-13,21H,1-3H3,(H,20,22). The highest BCUT2D eigenvalue weighted by Crippen LogP contribution is 2.18. The summed E-state index contributed by atoms with van der Waals surface area (Å²) in [6.07, 6.45) is -0.0299. The van der Waals surface area contributed by atoms with Crippen molar-refractivity contribution in [3.8, 4) is 5.75 Å². The third kappa shape index (κ3) is 5.27. The molecule has 0 saturated heterocycles. The van der Waals surface area contributed by atoms with Crippen molar-refractivity contribution in [3.05, 3.63) is 54.3 Å². The number of hydrogen-bond acceptors (Lipinski definition) is 4. The summed E-state index contributed by atoms with van der Waals surface area (Å²) in [5.74, 6) is -0.723. The summed E-state index contributed by atoms with van der Waals surface area (Å²) >= 11 is 0. The lowest BCUT2D eigenvalue weighted by atomic mass is 10.2. The molecule has 0 aromatic heterocycles. The molecule has 2 rings (SSSR count). The molecule has 2 N–H and O–H groups in total. The van der Waals surface area contributed by atoms with Crippen molar-refractivity contribution in [2.24, 2.45) is 0 Å². The minimum Gasteiger partial charge on any atom is -0.491 e. The minimum atomic E-state index is -3.91. The molecule has 0 aliphatic carbocycles. The summed E-state index contributed by atoms with van der Waals surface area (Å²) in [6.45, 7) is 5.11. The summed E-state index contributed by atoms with van der Waals surface area (Å²) in [6, 6.07) is 10.4. The molecule has 0 aliphatic heterocycles. The maximum Gasteiger partial charge on any atom is 0.242 e. The van der Waals surface area contributed by atoms with E-state index in [2.05, 4.69) is 10.0 Å². The van der Waals surface area contributed by atoms with Gasteiger partial charge in [0.25, 0.3) is 0 Å². The van der Waals surface area contributed by atoms with Gasteiger partial charge in [0.15, 0.2) is 0 Å². The molecular weight excluding hydrogens is 359 g/mol. The Hall–Kier alpha value is -2.45. The summed E-state index contributed by atoms with van der Waals surface area (Å²) in [5.41, 5.74) is -0.0151. The zero-order chi connectivity index (χ0) is 19.3. The van der Waals surface area contributed by atoms with Gasteiger partial charge in [0, 0.05) is 0 Å². The normalized spacial score (nSPS) is 12.7. The highest BCUT2D eigenvalue weighted by atomic mass is 32.2. The quantitative estimate of drug-likeness (QED) is 0.774. The zero-order valence-corrected chi connectivity index (χ0v) is 15.5. The number of carbonyl (C=O) groups is 1. The van der Waals surface area contributed by atoms with Gasteiger partial charge in [0.2, 0.25) is 15.9 Å². The van der Waals surface area contributed by atoms with Gasteiger partial charge in [-0.05, 0) is 57.2 Å². The Balaban J connectivity index is 2.05. The number of rotatable bonds is 7. The number of amides is 1. The van der Waals surface area contributed by atoms with Crippen molar-refractivity contribution in [3.63, 3.8) is 0 Å². The minimum absolute atomic E-state index is 0.000789. The molecule has 0 aliphatic rings. The van der Waals surface area contributed by atoms with E-state index in [1.807, 2.05) is 13.8 Å². The molecular formula is C18H21FN2O4S. The number of halogens is 1. The van der Waals surface area contributed by atoms with E-state index < -0.39 is 27.8 Å². The van der Waals surface area contributed by atoms with E-state index >= 15 is 0 Å². The Kier molecular flexibility index (Phi) is 6.33. The van der Waals surface area contributed by atoms with Gasteiger partial charge in [-0.2, -0.15) is 4.72 Å². The third-order valence-electron chi connectivity index (χ3n) is 3.36. The first-order valence-corrected chi connectivity index (χ1v) is 9.52. The van der Waals surface area contributed by atoms with Crippen molar-refractivity contribution in [1.29, 1.82) is 0 Å². The SMILES string of the molecule is CC(C)Oc1ccc(S(=O)(=O)NC(C)C(=O)Nc2ccccc2F)cc1. The van der Waals surface area contributed by atoms with E-state index in [4.69, 9.17) is 4.74 Å². The highest BCUT2D eigenvalue weighted by Gasteiger charge is 2.22. The molecule has 0 fully saturated rings. The molecule has 1 unspecified atom stereocenters. The fourth-order valence-corrected chi connectivity index (χ4v) is 3.33. The predicted molar refractivity (Wildman–Crippen MR) is 97.0 cm³/mol. The summed E-state index contributed by atoms with van der Waals surface area (Å²) in [7, 11) is -3.91. The van der Waals surface area contributed by atoms with Gasteiger partial charge < -0.3 is 10.1 Å². The number of ether oxygens (including phenoxy) is 1. The lowest BCUT2D eigenvalue weighted by Crippen LogP contribution is -2.41. The van der Waals surface area contributed by atoms with E-state index in [1.165, 1.54) is 37.3 Å². The van der Waals surface area contributed by atoms with Crippen molar-refractivity contribution >= 4 is 21.6 Å². The van der Waals surface area contributed by atoms with Crippen molar-refractivity contribution in [2.45, 2.75) is 37.8 Å². The van der Waals surface area contributed by atoms with Crippen LogP contribution >= 0.6 is 0 Å². The fraction of sp³-hybridized carbons (Fsp3) is 0.278. The van der Waals surface area contributed by atoms with Crippen LogP contribution in [0.5, 0.6) is 5.75 Å². The van der Waals surface area contributed by atoms with Gasteiger partial charge in [-0.25, -0.2) is 12.8 Å². The molecule has 0 heterocycles. The van der Waals surface area contributed by atoms with Crippen LogP contribution in [0.1, 0.15) is 20.8 Å². The van der Waals surface area contributed by atoms with Gasteiger partial charge in [0.1, 0.15) is 11.6 Å². The van der Waals surface area contributed by atoms with Crippen LogP contribution < -0.4 is 14.8 Å². The van der Waals surface area contributed by atoms with Gasteiger partial charge in [-0.1, -0.05) is 12.1 Å². The summed E-state index contributed by atoms with van der Waals surface area (Å²) in [5, 5.41) is 2.35.